The van der Waals surface area contributed by atoms with Gasteiger partial charge in [-0.15, -0.1) is 0 Å². The summed E-state index contributed by atoms with van der Waals surface area (Å²) in [5, 5.41) is 20.5. The van der Waals surface area contributed by atoms with Crippen LogP contribution in [0.1, 0.15) is 31.2 Å². The van der Waals surface area contributed by atoms with Crippen molar-refractivity contribution in [1.82, 2.24) is 0 Å². The molecule has 1 fully saturated rings. The van der Waals surface area contributed by atoms with E-state index in [0.29, 0.717) is 12.8 Å². The molecule has 0 radical (unpaired) electrons. The molecule has 0 saturated heterocycles. The Labute approximate surface area is 172 Å². The highest BCUT2D eigenvalue weighted by Crippen LogP contribution is 2.36. The summed E-state index contributed by atoms with van der Waals surface area (Å²) in [4.78, 5) is 12.1. The number of esters is 1. The number of benzene rings is 1. The van der Waals surface area contributed by atoms with E-state index < -0.39 is 36.0 Å². The van der Waals surface area contributed by atoms with Crippen molar-refractivity contribution in [2.45, 2.75) is 50.2 Å². The first-order valence-corrected chi connectivity index (χ1v) is 9.93. The average Bonchev–Trinajstić information content (AvgIpc) is 2.94. The lowest BCUT2D eigenvalue weighted by Crippen LogP contribution is -2.25. The van der Waals surface area contributed by atoms with Crippen molar-refractivity contribution in [1.29, 1.82) is 0 Å². The van der Waals surface area contributed by atoms with Crippen LogP contribution in [0.5, 0.6) is 5.75 Å². The van der Waals surface area contributed by atoms with E-state index in [0.717, 1.165) is 12.1 Å². The standard InChI is InChI=1S/C22H25F3O5/c23-22(24,25)14-5-4-6-15(11-14)29-13-16-9-10-18-17(19(26)12-20(18)27)7-2-1-3-8-21(28)30-16/h1-2,4-6,9-11,16-20,26-27H,3,7-8,12-13H2/t16-,17-,18?,19+,20-/m1/s1. The smallest absolute Gasteiger partial charge is 0.416 e. The van der Waals surface area contributed by atoms with E-state index >= 15 is 0 Å². The minimum Gasteiger partial charge on any atom is -0.489 e. The Balaban J connectivity index is 1.74. The minimum atomic E-state index is -4.49. The molecule has 3 rings (SSSR count). The van der Waals surface area contributed by atoms with Gasteiger partial charge >= 0.3 is 12.1 Å². The predicted octanol–water partition coefficient (Wildman–Crippen LogP) is 3.65. The Bertz CT molecular complexity index is 789. The van der Waals surface area contributed by atoms with Crippen molar-refractivity contribution >= 4 is 5.97 Å². The molecule has 30 heavy (non-hydrogen) atoms. The van der Waals surface area contributed by atoms with Crippen molar-refractivity contribution in [2.75, 3.05) is 6.61 Å². The number of ether oxygens (including phenoxy) is 2. The van der Waals surface area contributed by atoms with E-state index in [-0.39, 0.29) is 37.0 Å². The van der Waals surface area contributed by atoms with Gasteiger partial charge in [0.1, 0.15) is 12.4 Å². The molecule has 0 bridgehead atoms. The van der Waals surface area contributed by atoms with Crippen molar-refractivity contribution in [3.63, 3.8) is 0 Å². The first-order chi connectivity index (χ1) is 14.2. The van der Waals surface area contributed by atoms with Crippen LogP contribution in [-0.2, 0) is 15.7 Å². The Morgan fingerprint density at radius 3 is 2.70 bits per heavy atom. The Morgan fingerprint density at radius 2 is 1.93 bits per heavy atom. The number of halogens is 3. The highest BCUT2D eigenvalue weighted by Gasteiger charge is 2.39. The van der Waals surface area contributed by atoms with Crippen LogP contribution in [0.2, 0.25) is 0 Å². The van der Waals surface area contributed by atoms with Gasteiger partial charge < -0.3 is 19.7 Å². The number of carbonyl (C=O) groups excluding carboxylic acids is 1. The third kappa shape index (κ3) is 5.86. The second kappa shape index (κ2) is 9.66. The molecule has 5 nitrogen and oxygen atoms in total. The molecule has 0 spiro atoms. The van der Waals surface area contributed by atoms with E-state index in [1.165, 1.54) is 12.1 Å². The number of carbonyl (C=O) groups is 1. The van der Waals surface area contributed by atoms with Crippen LogP contribution in [0.25, 0.3) is 0 Å². The zero-order valence-electron chi connectivity index (χ0n) is 16.3. The van der Waals surface area contributed by atoms with E-state index in [4.69, 9.17) is 9.47 Å². The van der Waals surface area contributed by atoms with Gasteiger partial charge in [0.05, 0.1) is 17.8 Å². The third-order valence-electron chi connectivity index (χ3n) is 5.41. The fourth-order valence-electron chi connectivity index (χ4n) is 3.83. The van der Waals surface area contributed by atoms with Crippen LogP contribution in [0.4, 0.5) is 13.2 Å². The Hall–Kier alpha value is -2.32. The molecular formula is C22H25F3O5. The maximum atomic E-state index is 12.9. The molecule has 1 saturated carbocycles. The summed E-state index contributed by atoms with van der Waals surface area (Å²) in [5.74, 6) is -0.921. The average molecular weight is 426 g/mol. The molecule has 2 aliphatic rings. The van der Waals surface area contributed by atoms with Gasteiger partial charge in [0.15, 0.2) is 6.10 Å². The number of aliphatic hydroxyl groups is 2. The van der Waals surface area contributed by atoms with Gasteiger partial charge in [-0.25, -0.2) is 0 Å². The molecule has 0 amide bonds. The SMILES string of the molecule is O=C1CCC=CC[C@@H]2C(C=C[C@H](COc3cccc(C(F)(F)F)c3)O1)[C@H](O)C[C@@H]2O. The second-order valence-electron chi connectivity index (χ2n) is 7.61. The number of allylic oxidation sites excluding steroid dienone is 2. The maximum absolute atomic E-state index is 12.9. The molecule has 1 aliphatic heterocycles. The quantitative estimate of drug-likeness (QED) is 0.570. The molecule has 164 valence electrons. The molecule has 0 aromatic heterocycles. The molecule has 1 unspecified atom stereocenters. The number of rotatable bonds is 3. The number of hydrogen-bond acceptors (Lipinski definition) is 5. The van der Waals surface area contributed by atoms with Gasteiger partial charge in [-0.3, -0.25) is 4.79 Å². The summed E-state index contributed by atoms with van der Waals surface area (Å²) in [6.07, 6.45) is 1.82. The van der Waals surface area contributed by atoms with Crippen LogP contribution < -0.4 is 4.74 Å². The topological polar surface area (TPSA) is 76.0 Å². The fraction of sp³-hybridized carbons (Fsp3) is 0.500. The first kappa shape index (κ1) is 22.4. The van der Waals surface area contributed by atoms with E-state index in [1.807, 2.05) is 12.2 Å². The zero-order chi connectivity index (χ0) is 21.7. The Kier molecular flexibility index (Phi) is 7.20. The van der Waals surface area contributed by atoms with Crippen LogP contribution in [-0.4, -0.2) is 41.1 Å². The molecule has 1 aliphatic carbocycles. The molecule has 1 aromatic rings. The highest BCUT2D eigenvalue weighted by atomic mass is 19.4. The lowest BCUT2D eigenvalue weighted by Gasteiger charge is -2.21. The molecule has 1 heterocycles. The van der Waals surface area contributed by atoms with Crippen molar-refractivity contribution in [2.24, 2.45) is 11.8 Å². The summed E-state index contributed by atoms with van der Waals surface area (Å²) in [7, 11) is 0. The van der Waals surface area contributed by atoms with Gasteiger partial charge in [0.25, 0.3) is 0 Å². The monoisotopic (exact) mass is 426 g/mol. The number of aliphatic hydroxyl groups excluding tert-OH is 2. The highest BCUT2D eigenvalue weighted by molar-refractivity contribution is 5.69. The van der Waals surface area contributed by atoms with Gasteiger partial charge in [0, 0.05) is 18.8 Å². The molecule has 8 heteroatoms. The predicted molar refractivity (Wildman–Crippen MR) is 103 cm³/mol. The lowest BCUT2D eigenvalue weighted by atomic mass is 9.89. The minimum absolute atomic E-state index is 0.0116. The summed E-state index contributed by atoms with van der Waals surface area (Å²) in [6.45, 7) is -0.171. The molecule has 1 aromatic carbocycles. The zero-order valence-corrected chi connectivity index (χ0v) is 16.3. The van der Waals surface area contributed by atoms with Crippen LogP contribution >= 0.6 is 0 Å². The van der Waals surface area contributed by atoms with Crippen LogP contribution in [0, 0.1) is 11.8 Å². The number of cyclic esters (lactones) is 1. The Morgan fingerprint density at radius 1 is 1.13 bits per heavy atom. The normalized spacial score (nSPS) is 30.2. The fourth-order valence-corrected chi connectivity index (χ4v) is 3.83. The van der Waals surface area contributed by atoms with Crippen LogP contribution in [0.3, 0.4) is 0 Å². The summed E-state index contributed by atoms with van der Waals surface area (Å²) in [6, 6.07) is 4.48. The number of fused-ring (bicyclic) bond motifs is 1. The molecule has 5 atom stereocenters. The van der Waals surface area contributed by atoms with Crippen molar-refractivity contribution < 1.29 is 37.7 Å². The number of hydrogen-bond donors (Lipinski definition) is 2. The molecule has 2 N–H and O–H groups in total. The maximum Gasteiger partial charge on any atom is 0.416 e. The first-order valence-electron chi connectivity index (χ1n) is 9.93. The van der Waals surface area contributed by atoms with Gasteiger partial charge in [-0.2, -0.15) is 13.2 Å². The van der Waals surface area contributed by atoms with Gasteiger partial charge in [-0.1, -0.05) is 24.3 Å². The van der Waals surface area contributed by atoms with E-state index in [2.05, 4.69) is 0 Å². The van der Waals surface area contributed by atoms with Crippen molar-refractivity contribution in [3.8, 4) is 5.75 Å². The summed E-state index contributed by atoms with van der Waals surface area (Å²) >= 11 is 0. The van der Waals surface area contributed by atoms with E-state index in [9.17, 15) is 28.2 Å². The van der Waals surface area contributed by atoms with Gasteiger partial charge in [0.2, 0.25) is 0 Å². The third-order valence-corrected chi connectivity index (χ3v) is 5.41. The van der Waals surface area contributed by atoms with Crippen molar-refractivity contribution in [3.05, 3.63) is 54.1 Å². The van der Waals surface area contributed by atoms with Gasteiger partial charge in [-0.05, 0) is 43.0 Å². The lowest BCUT2D eigenvalue weighted by molar-refractivity contribution is -0.148. The largest absolute Gasteiger partial charge is 0.489 e. The van der Waals surface area contributed by atoms with Crippen LogP contribution in [0.15, 0.2) is 48.6 Å². The van der Waals surface area contributed by atoms with E-state index in [1.54, 1.807) is 12.2 Å². The molecular weight excluding hydrogens is 401 g/mol. The summed E-state index contributed by atoms with van der Waals surface area (Å²) in [5.41, 5.74) is -0.830. The summed E-state index contributed by atoms with van der Waals surface area (Å²) < 4.78 is 49.5. The second-order valence-corrected chi connectivity index (χ2v) is 7.61. The number of alkyl halides is 3.